The van der Waals surface area contributed by atoms with Crippen LogP contribution in [0.1, 0.15) is 53.9 Å². The molecule has 1 N–H and O–H groups in total. The van der Waals surface area contributed by atoms with Crippen LogP contribution >= 0.6 is 57.6 Å². The number of likely N-dealkylation sites (N-methyl/N-ethyl adjacent to an activating group) is 1. The molecule has 4 nitrogen and oxygen atoms in total. The normalized spacial score (nSPS) is 13.7. The van der Waals surface area contributed by atoms with Crippen molar-refractivity contribution in [1.29, 1.82) is 0 Å². The molecule has 0 fully saturated rings. The van der Waals surface area contributed by atoms with Gasteiger partial charge >= 0.3 is 0 Å². The molecule has 1 aromatic heterocycles. The molecule has 2 aromatic carbocycles. The quantitative estimate of drug-likeness (QED) is 0.197. The molecule has 162 valence electrons. The first-order chi connectivity index (χ1) is 15.5. The van der Waals surface area contributed by atoms with Crippen molar-refractivity contribution in [2.45, 2.75) is 33.1 Å². The van der Waals surface area contributed by atoms with Gasteiger partial charge in [0.2, 0.25) is 0 Å². The lowest BCUT2D eigenvalue weighted by Gasteiger charge is -2.12. The summed E-state index contributed by atoms with van der Waals surface area (Å²) in [5.41, 5.74) is 1.67. The van der Waals surface area contributed by atoms with E-state index in [0.717, 1.165) is 18.2 Å². The number of fused-ring (bicyclic) bond motifs is 1. The molecule has 3 rings (SSSR count). The minimum Gasteiger partial charge on any atom is -0.490 e. The number of nitrogens with one attached hydrogen (secondary N) is 1. The Morgan fingerprint density at radius 1 is 1.20 bits per heavy atom. The summed E-state index contributed by atoms with van der Waals surface area (Å²) >= 11 is 3.97. The van der Waals surface area contributed by atoms with Crippen LogP contribution in [0, 0.1) is 7.14 Å². The van der Waals surface area contributed by atoms with Gasteiger partial charge in [-0.1, -0.05) is 38.5 Å². The third-order valence-corrected chi connectivity index (χ3v) is 5.99. The molecule has 0 saturated heterocycles. The number of aryl methyl sites for hydroxylation is 1. The summed E-state index contributed by atoms with van der Waals surface area (Å²) < 4.78 is 44.7. The van der Waals surface area contributed by atoms with Crippen molar-refractivity contribution in [2.24, 2.45) is 0 Å². The van der Waals surface area contributed by atoms with Crippen LogP contribution in [-0.2, 0) is 6.42 Å². The summed E-state index contributed by atoms with van der Waals surface area (Å²) in [6.45, 7) is -0.994. The molecule has 0 bridgehead atoms. The van der Waals surface area contributed by atoms with Crippen LogP contribution in [-0.4, -0.2) is 25.4 Å². The summed E-state index contributed by atoms with van der Waals surface area (Å²) in [6.07, 6.45) is 2.56. The van der Waals surface area contributed by atoms with E-state index in [1.807, 2.05) is 69.4 Å². The first kappa shape index (κ1) is 19.8. The number of ketones is 1. The Morgan fingerprint density at radius 3 is 2.57 bits per heavy atom. The van der Waals surface area contributed by atoms with Crippen LogP contribution in [0.5, 0.6) is 5.75 Å². The SMILES string of the molecule is Cl.[2H]C([2H])(NCC)C([2H])([2H])Oc1c(I)cc(C(=O)c2c(CCCC)oc3ccccc23)cc1I. The number of hydrogen-bond donors (Lipinski definition) is 1. The van der Waals surface area contributed by atoms with Gasteiger partial charge in [-0.15, -0.1) is 12.4 Å². The fourth-order valence-corrected chi connectivity index (χ4v) is 4.98. The van der Waals surface area contributed by atoms with Gasteiger partial charge in [-0.05, 0) is 76.3 Å². The van der Waals surface area contributed by atoms with Crippen molar-refractivity contribution in [1.82, 2.24) is 5.32 Å². The number of carbonyl (C=O) groups is 1. The largest absolute Gasteiger partial charge is 0.490 e. The number of halogens is 3. The molecule has 0 aliphatic heterocycles. The first-order valence-electron chi connectivity index (χ1n) is 11.5. The maximum atomic E-state index is 13.6. The maximum Gasteiger partial charge on any atom is 0.197 e. The zero-order chi connectivity index (χ0) is 24.4. The highest BCUT2D eigenvalue weighted by atomic mass is 127. The molecule has 7 heteroatoms. The van der Waals surface area contributed by atoms with Gasteiger partial charge in [0.25, 0.3) is 0 Å². The highest BCUT2D eigenvalue weighted by molar-refractivity contribution is 14.1. The predicted octanol–water partition coefficient (Wildman–Crippen LogP) is 6.63. The summed E-state index contributed by atoms with van der Waals surface area (Å²) in [5.74, 6) is 0.700. The van der Waals surface area contributed by atoms with Gasteiger partial charge in [0.15, 0.2) is 5.78 Å². The minimum atomic E-state index is -2.62. The second-order valence-electron chi connectivity index (χ2n) is 6.46. The van der Waals surface area contributed by atoms with Gasteiger partial charge in [0.05, 0.1) is 15.4 Å². The first-order valence-corrected chi connectivity index (χ1v) is 11.7. The second-order valence-corrected chi connectivity index (χ2v) is 8.78. The average Bonchev–Trinajstić information content (AvgIpc) is 3.12. The zero-order valence-electron chi connectivity index (χ0n) is 20.7. The summed E-state index contributed by atoms with van der Waals surface area (Å²) in [7, 11) is 0. The standard InChI is InChI=1S/C23H25I2NO3.ClH/c1-3-5-9-20-21(16-8-6-7-10-19(16)29-20)22(27)15-13-17(24)23(18(25)14-15)28-12-11-26-4-2;/h6-8,10,13-14,26H,3-5,9,11-12H2,1-2H3;1H/i11D2,12D2;. The lowest BCUT2D eigenvalue weighted by molar-refractivity contribution is 0.103. The number of unbranched alkanes of at least 4 members (excludes halogenated alkanes) is 1. The zero-order valence-corrected chi connectivity index (χ0v) is 21.8. The monoisotopic (exact) mass is 657 g/mol. The van der Waals surface area contributed by atoms with Crippen LogP contribution in [0.25, 0.3) is 11.0 Å². The number of hydrogen-bond acceptors (Lipinski definition) is 4. The van der Waals surface area contributed by atoms with E-state index in [1.54, 1.807) is 19.1 Å². The highest BCUT2D eigenvalue weighted by Crippen LogP contribution is 2.33. The van der Waals surface area contributed by atoms with Crippen molar-refractivity contribution in [3.63, 3.8) is 0 Å². The van der Waals surface area contributed by atoms with Gasteiger partial charge in [0, 0.05) is 26.6 Å². The minimum absolute atomic E-state index is 0. The molecule has 0 spiro atoms. The van der Waals surface area contributed by atoms with E-state index in [-0.39, 0.29) is 30.5 Å². The molecule has 0 unspecified atom stereocenters. The summed E-state index contributed by atoms with van der Waals surface area (Å²) in [5, 5.41) is 3.25. The summed E-state index contributed by atoms with van der Waals surface area (Å²) in [6, 6.07) is 10.8. The van der Waals surface area contributed by atoms with Crippen molar-refractivity contribution in [3.8, 4) is 5.75 Å². The number of benzene rings is 2. The number of carbonyl (C=O) groups excluding carboxylic acids is 1. The molecule has 30 heavy (non-hydrogen) atoms. The van der Waals surface area contributed by atoms with E-state index < -0.39 is 13.1 Å². The molecule has 1 heterocycles. The fourth-order valence-electron chi connectivity index (χ4n) is 2.99. The van der Waals surface area contributed by atoms with Gasteiger partial charge in [-0.25, -0.2) is 0 Å². The smallest absolute Gasteiger partial charge is 0.197 e. The van der Waals surface area contributed by atoms with Crippen LogP contribution in [0.15, 0.2) is 40.8 Å². The molecule has 0 aliphatic rings. The fraction of sp³-hybridized carbons (Fsp3) is 0.348. The van der Waals surface area contributed by atoms with Crippen molar-refractivity contribution < 1.29 is 19.4 Å². The third-order valence-electron chi connectivity index (χ3n) is 4.38. The van der Waals surface area contributed by atoms with Crippen LogP contribution < -0.4 is 10.1 Å². The molecule has 3 aromatic rings. The topological polar surface area (TPSA) is 51.5 Å². The Kier molecular flexibility index (Phi) is 8.10. The summed E-state index contributed by atoms with van der Waals surface area (Å²) in [4.78, 5) is 13.6. The van der Waals surface area contributed by atoms with E-state index in [4.69, 9.17) is 14.6 Å². The highest BCUT2D eigenvalue weighted by Gasteiger charge is 2.23. The van der Waals surface area contributed by atoms with E-state index in [2.05, 4.69) is 12.2 Å². The lowest BCUT2D eigenvalue weighted by atomic mass is 9.98. The predicted molar refractivity (Wildman–Crippen MR) is 141 cm³/mol. The molecule has 0 aliphatic carbocycles. The van der Waals surface area contributed by atoms with E-state index in [9.17, 15) is 4.79 Å². The van der Waals surface area contributed by atoms with Crippen molar-refractivity contribution in [3.05, 3.63) is 60.4 Å². The van der Waals surface area contributed by atoms with Crippen LogP contribution in [0.2, 0.25) is 0 Å². The molecule has 0 saturated carbocycles. The Balaban J connectivity index is 0.00000408. The lowest BCUT2D eigenvalue weighted by Crippen LogP contribution is -2.20. The van der Waals surface area contributed by atoms with Gasteiger partial charge in [0.1, 0.15) is 23.7 Å². The van der Waals surface area contributed by atoms with Gasteiger partial charge in [-0.3, -0.25) is 4.79 Å². The average molecular weight is 658 g/mol. The van der Waals surface area contributed by atoms with Crippen LogP contribution in [0.4, 0.5) is 0 Å². The van der Waals surface area contributed by atoms with Crippen molar-refractivity contribution in [2.75, 3.05) is 19.6 Å². The van der Waals surface area contributed by atoms with E-state index >= 15 is 0 Å². The van der Waals surface area contributed by atoms with Gasteiger partial charge in [-0.2, -0.15) is 0 Å². The maximum absolute atomic E-state index is 13.6. The second kappa shape index (κ2) is 12.3. The number of furan rings is 1. The molecule has 0 radical (unpaired) electrons. The van der Waals surface area contributed by atoms with E-state index in [1.165, 1.54) is 0 Å². The molecule has 0 amide bonds. The third kappa shape index (κ3) is 5.89. The Labute approximate surface area is 216 Å². The Hall–Kier alpha value is -0.840. The molecular formula is C23H26ClI2NO3. The van der Waals surface area contributed by atoms with Gasteiger partial charge < -0.3 is 14.5 Å². The van der Waals surface area contributed by atoms with Crippen molar-refractivity contribution >= 4 is 74.3 Å². The molecule has 0 atom stereocenters. The Bertz CT molecular complexity index is 1150. The Morgan fingerprint density at radius 2 is 1.90 bits per heavy atom. The number of rotatable bonds is 10. The van der Waals surface area contributed by atoms with E-state index in [0.29, 0.717) is 36.0 Å². The number of ether oxygens (including phenoxy) is 1. The molecular weight excluding hydrogens is 628 g/mol. The van der Waals surface area contributed by atoms with Crippen LogP contribution in [0.3, 0.4) is 0 Å². The number of para-hydroxylation sites is 1.